The number of ether oxygens (including phenoxy) is 2. The molecule has 3 aromatic rings. The molecular weight excluding hydrogens is 412 g/mol. The third kappa shape index (κ3) is 4.44. The predicted octanol–water partition coefficient (Wildman–Crippen LogP) is 4.00. The Morgan fingerprint density at radius 1 is 1.22 bits per heavy atom. The zero-order chi connectivity index (χ0) is 19.6. The fourth-order valence-electron chi connectivity index (χ4n) is 2.56. The summed E-state index contributed by atoms with van der Waals surface area (Å²) in [5.74, 6) is 0.241. The van der Waals surface area contributed by atoms with E-state index < -0.39 is 5.97 Å². The van der Waals surface area contributed by atoms with E-state index in [9.17, 15) is 4.79 Å². The van der Waals surface area contributed by atoms with Gasteiger partial charge in [-0.05, 0) is 45.6 Å². The fraction of sp³-hybridized carbons (Fsp3) is 0.368. The first-order chi connectivity index (χ1) is 12.8. The zero-order valence-corrected chi connectivity index (χ0v) is 17.3. The van der Waals surface area contributed by atoms with Crippen molar-refractivity contribution >= 4 is 32.9 Å². The number of methoxy groups -OCH3 is 1. The summed E-state index contributed by atoms with van der Waals surface area (Å²) in [7, 11) is 1.34. The van der Waals surface area contributed by atoms with Crippen LogP contribution in [0.2, 0.25) is 0 Å². The molecule has 8 heteroatoms. The molecule has 0 saturated heterocycles. The monoisotopic (exact) mass is 432 g/mol. The Morgan fingerprint density at radius 2 is 2.00 bits per heavy atom. The molecule has 0 fully saturated rings. The van der Waals surface area contributed by atoms with Crippen LogP contribution in [0.1, 0.15) is 36.8 Å². The summed E-state index contributed by atoms with van der Waals surface area (Å²) in [5.41, 5.74) is 2.91. The number of carbonyl (C=O) groups excluding carboxylic acids is 1. The minimum atomic E-state index is -0.415. The molecule has 7 nitrogen and oxygen atoms in total. The minimum absolute atomic E-state index is 0.101. The number of halogens is 1. The molecule has 0 N–H and O–H groups in total. The van der Waals surface area contributed by atoms with Crippen molar-refractivity contribution in [3.05, 3.63) is 46.2 Å². The highest BCUT2D eigenvalue weighted by molar-refractivity contribution is 9.10. The quantitative estimate of drug-likeness (QED) is 0.566. The maximum absolute atomic E-state index is 11.4. The molecule has 3 rings (SSSR count). The molecule has 0 aliphatic heterocycles. The highest BCUT2D eigenvalue weighted by Crippen LogP contribution is 2.33. The molecule has 0 bridgehead atoms. The van der Waals surface area contributed by atoms with Crippen molar-refractivity contribution in [2.24, 2.45) is 5.41 Å². The predicted molar refractivity (Wildman–Crippen MR) is 105 cm³/mol. The van der Waals surface area contributed by atoms with Crippen molar-refractivity contribution in [3.8, 4) is 5.75 Å². The smallest absolute Gasteiger partial charge is 0.339 e. The van der Waals surface area contributed by atoms with E-state index in [0.29, 0.717) is 17.0 Å². The summed E-state index contributed by atoms with van der Waals surface area (Å²) in [6.45, 7) is 7.51. The van der Waals surface area contributed by atoms with E-state index in [2.05, 4.69) is 56.7 Å². The van der Waals surface area contributed by atoms with Crippen molar-refractivity contribution in [2.75, 3.05) is 7.11 Å². The number of esters is 1. The summed E-state index contributed by atoms with van der Waals surface area (Å²) in [6.07, 6.45) is 1.47. The number of carbonyl (C=O) groups is 1. The van der Waals surface area contributed by atoms with Gasteiger partial charge in [-0.2, -0.15) is 0 Å². The lowest BCUT2D eigenvalue weighted by Crippen LogP contribution is -2.16. The number of hydrogen-bond acceptors (Lipinski definition) is 6. The zero-order valence-electron chi connectivity index (χ0n) is 15.7. The van der Waals surface area contributed by atoms with Gasteiger partial charge in [-0.25, -0.2) is 9.48 Å². The summed E-state index contributed by atoms with van der Waals surface area (Å²) < 4.78 is 13.2. The van der Waals surface area contributed by atoms with E-state index >= 15 is 0 Å². The van der Waals surface area contributed by atoms with Crippen molar-refractivity contribution in [2.45, 2.75) is 33.9 Å². The van der Waals surface area contributed by atoms with Crippen molar-refractivity contribution in [1.29, 1.82) is 0 Å². The number of aromatic nitrogens is 4. The lowest BCUT2D eigenvalue weighted by Gasteiger charge is -2.18. The summed E-state index contributed by atoms with van der Waals surface area (Å²) >= 11 is 3.57. The molecule has 0 spiro atoms. The summed E-state index contributed by atoms with van der Waals surface area (Å²) in [6, 6.07) is 7.23. The van der Waals surface area contributed by atoms with Gasteiger partial charge in [0.2, 0.25) is 0 Å². The van der Waals surface area contributed by atoms with Crippen LogP contribution in [0.3, 0.4) is 0 Å². The third-order valence-electron chi connectivity index (χ3n) is 3.84. The van der Waals surface area contributed by atoms with Crippen molar-refractivity contribution in [1.82, 2.24) is 20.0 Å². The van der Waals surface area contributed by atoms with Crippen molar-refractivity contribution in [3.63, 3.8) is 0 Å². The highest BCUT2D eigenvalue weighted by atomic mass is 79.9. The molecule has 0 aliphatic rings. The van der Waals surface area contributed by atoms with Gasteiger partial charge in [0.1, 0.15) is 17.9 Å². The molecule has 2 heterocycles. The molecule has 0 amide bonds. The number of nitrogens with zero attached hydrogens (tertiary/aromatic N) is 4. The van der Waals surface area contributed by atoms with Crippen LogP contribution in [0, 0.1) is 5.41 Å². The SMILES string of the molecule is COC(=O)c1ccc(COc2ccc3c(nnn3CC(C)(C)C)c2Br)nc1. The Kier molecular flexibility index (Phi) is 5.46. The average Bonchev–Trinajstić information content (AvgIpc) is 3.03. The Bertz CT molecular complexity index is 961. The van der Waals surface area contributed by atoms with Crippen LogP contribution in [0.25, 0.3) is 11.0 Å². The van der Waals surface area contributed by atoms with Crippen molar-refractivity contribution < 1.29 is 14.3 Å². The van der Waals surface area contributed by atoms with E-state index in [1.807, 2.05) is 16.8 Å². The van der Waals surface area contributed by atoms with E-state index in [1.165, 1.54) is 13.3 Å². The van der Waals surface area contributed by atoms with Gasteiger partial charge in [0, 0.05) is 12.7 Å². The largest absolute Gasteiger partial charge is 0.486 e. The standard InChI is InChI=1S/C19H21BrN4O3/c1-19(2,3)11-24-14-7-8-15(16(20)17(14)22-23-24)27-10-13-6-5-12(9-21-13)18(25)26-4/h5-9H,10-11H2,1-4H3. The minimum Gasteiger partial charge on any atom is -0.486 e. The first-order valence-electron chi connectivity index (χ1n) is 8.46. The first-order valence-corrected chi connectivity index (χ1v) is 9.25. The number of pyridine rings is 1. The van der Waals surface area contributed by atoms with Crippen LogP contribution < -0.4 is 4.74 Å². The maximum Gasteiger partial charge on any atom is 0.339 e. The second kappa shape index (κ2) is 7.64. The molecular formula is C19H21BrN4O3. The molecule has 142 valence electrons. The molecule has 0 atom stereocenters. The molecule has 0 unspecified atom stereocenters. The fourth-order valence-corrected chi connectivity index (χ4v) is 3.09. The van der Waals surface area contributed by atoms with Gasteiger partial charge in [-0.15, -0.1) is 5.10 Å². The van der Waals surface area contributed by atoms with Crippen LogP contribution in [-0.2, 0) is 17.9 Å². The lowest BCUT2D eigenvalue weighted by atomic mass is 9.97. The number of benzene rings is 1. The first kappa shape index (κ1) is 19.3. The Morgan fingerprint density at radius 3 is 2.63 bits per heavy atom. The van der Waals surface area contributed by atoms with Crippen LogP contribution in [0.4, 0.5) is 0 Å². The third-order valence-corrected chi connectivity index (χ3v) is 4.60. The average molecular weight is 433 g/mol. The van der Waals surface area contributed by atoms with Crippen LogP contribution in [-0.4, -0.2) is 33.1 Å². The summed E-state index contributed by atoms with van der Waals surface area (Å²) in [5, 5.41) is 8.54. The van der Waals surface area contributed by atoms with E-state index in [1.54, 1.807) is 12.1 Å². The molecule has 0 radical (unpaired) electrons. The van der Waals surface area contributed by atoms with E-state index in [0.717, 1.165) is 22.1 Å². The van der Waals surface area contributed by atoms with Gasteiger partial charge >= 0.3 is 5.97 Å². The second-order valence-corrected chi connectivity index (χ2v) is 8.16. The highest BCUT2D eigenvalue weighted by Gasteiger charge is 2.17. The Hall–Kier alpha value is -2.48. The van der Waals surface area contributed by atoms with Gasteiger partial charge in [0.15, 0.2) is 0 Å². The second-order valence-electron chi connectivity index (χ2n) is 7.37. The van der Waals surface area contributed by atoms with Gasteiger partial charge in [-0.1, -0.05) is 26.0 Å². The molecule has 0 saturated carbocycles. The molecule has 2 aromatic heterocycles. The van der Waals surface area contributed by atoms with Gasteiger partial charge < -0.3 is 9.47 Å². The maximum atomic E-state index is 11.4. The van der Waals surface area contributed by atoms with E-state index in [-0.39, 0.29) is 12.0 Å². The Labute approximate surface area is 165 Å². The topological polar surface area (TPSA) is 79.1 Å². The number of fused-ring (bicyclic) bond motifs is 1. The molecule has 1 aromatic carbocycles. The van der Waals surface area contributed by atoms with E-state index in [4.69, 9.17) is 4.74 Å². The van der Waals surface area contributed by atoms with Gasteiger partial charge in [0.25, 0.3) is 0 Å². The van der Waals surface area contributed by atoms with Gasteiger partial charge in [-0.3, -0.25) is 4.98 Å². The molecule has 0 aliphatic carbocycles. The normalized spacial score (nSPS) is 11.6. The van der Waals surface area contributed by atoms with Crippen LogP contribution in [0.15, 0.2) is 34.9 Å². The lowest BCUT2D eigenvalue weighted by molar-refractivity contribution is 0.0600. The number of hydrogen-bond donors (Lipinski definition) is 0. The summed E-state index contributed by atoms with van der Waals surface area (Å²) in [4.78, 5) is 15.7. The van der Waals surface area contributed by atoms with Gasteiger partial charge in [0.05, 0.1) is 28.4 Å². The Balaban J connectivity index is 1.76. The van der Waals surface area contributed by atoms with Crippen LogP contribution >= 0.6 is 15.9 Å². The van der Waals surface area contributed by atoms with Crippen LogP contribution in [0.5, 0.6) is 5.75 Å². The molecule has 27 heavy (non-hydrogen) atoms. The number of rotatable bonds is 5.